The van der Waals surface area contributed by atoms with Gasteiger partial charge in [0, 0.05) is 12.0 Å². The summed E-state index contributed by atoms with van der Waals surface area (Å²) in [4.78, 5) is 12.2. The highest BCUT2D eigenvalue weighted by Crippen LogP contribution is 2.62. The van der Waals surface area contributed by atoms with Gasteiger partial charge in [-0.15, -0.1) is 0 Å². The molecule has 0 spiro atoms. The predicted octanol–water partition coefficient (Wildman–Crippen LogP) is 4.72. The molecule has 1 heteroatoms. The fraction of sp³-hybridized carbons (Fsp3) is 0.611. The summed E-state index contributed by atoms with van der Waals surface area (Å²) in [6.45, 7) is 4.86. The highest BCUT2D eigenvalue weighted by molar-refractivity contribution is 5.95. The Kier molecular flexibility index (Phi) is 3.24. The molecule has 0 N–H and O–H groups in total. The fourth-order valence-corrected chi connectivity index (χ4v) is 4.39. The number of Topliss-reactive ketones (excluding diaryl/α,β-unsaturated/α-hetero) is 1. The topological polar surface area (TPSA) is 17.1 Å². The van der Waals surface area contributed by atoms with Gasteiger partial charge in [0.25, 0.3) is 0 Å². The van der Waals surface area contributed by atoms with Crippen molar-refractivity contribution in [3.05, 3.63) is 35.9 Å². The lowest BCUT2D eigenvalue weighted by atomic mass is 9.45. The van der Waals surface area contributed by atoms with E-state index in [2.05, 4.69) is 13.8 Å². The van der Waals surface area contributed by atoms with Crippen LogP contribution in [-0.4, -0.2) is 5.78 Å². The van der Waals surface area contributed by atoms with Crippen LogP contribution in [0.1, 0.15) is 56.3 Å². The number of carbonyl (C=O) groups excluding carboxylic acids is 1. The Hall–Kier alpha value is -1.11. The molecule has 102 valence electrons. The zero-order chi connectivity index (χ0) is 13.5. The molecular formula is C18H24O. The van der Waals surface area contributed by atoms with Crippen LogP contribution >= 0.6 is 0 Å². The summed E-state index contributed by atoms with van der Waals surface area (Å²) in [6.07, 6.45) is 5.96. The molecule has 0 heterocycles. The third kappa shape index (κ3) is 2.24. The monoisotopic (exact) mass is 256 g/mol. The predicted molar refractivity (Wildman–Crippen MR) is 78.1 cm³/mol. The van der Waals surface area contributed by atoms with Crippen LogP contribution in [0.5, 0.6) is 0 Å². The Morgan fingerprint density at radius 3 is 2.58 bits per heavy atom. The van der Waals surface area contributed by atoms with Gasteiger partial charge < -0.3 is 0 Å². The van der Waals surface area contributed by atoms with E-state index < -0.39 is 0 Å². The van der Waals surface area contributed by atoms with E-state index in [0.29, 0.717) is 11.2 Å². The molecule has 1 aromatic carbocycles. The van der Waals surface area contributed by atoms with Crippen molar-refractivity contribution in [1.82, 2.24) is 0 Å². The largest absolute Gasteiger partial charge is 0.294 e. The lowest BCUT2D eigenvalue weighted by Gasteiger charge is -2.60. The summed E-state index contributed by atoms with van der Waals surface area (Å²) in [6, 6.07) is 9.74. The molecule has 3 atom stereocenters. The van der Waals surface area contributed by atoms with Crippen molar-refractivity contribution < 1.29 is 4.79 Å². The summed E-state index contributed by atoms with van der Waals surface area (Å²) in [7, 11) is 0. The zero-order valence-corrected chi connectivity index (χ0v) is 12.1. The second-order valence-electron chi connectivity index (χ2n) is 7.03. The summed E-state index contributed by atoms with van der Waals surface area (Å²) in [5, 5.41) is 0. The van der Waals surface area contributed by atoms with Gasteiger partial charge in [-0.05, 0) is 48.9 Å². The smallest absolute Gasteiger partial charge is 0.162 e. The SMILES string of the molecule is CC1(C)C2CCC(CCC(=O)c3ccccc3)C1C2. The van der Waals surface area contributed by atoms with Crippen LogP contribution in [0, 0.1) is 23.2 Å². The van der Waals surface area contributed by atoms with Gasteiger partial charge in [0.1, 0.15) is 0 Å². The number of carbonyl (C=O) groups is 1. The van der Waals surface area contributed by atoms with E-state index >= 15 is 0 Å². The van der Waals surface area contributed by atoms with Crippen molar-refractivity contribution in [2.75, 3.05) is 0 Å². The lowest BCUT2D eigenvalue weighted by molar-refractivity contribution is -0.106. The summed E-state index contributed by atoms with van der Waals surface area (Å²) in [5.74, 6) is 2.93. The minimum Gasteiger partial charge on any atom is -0.294 e. The van der Waals surface area contributed by atoms with Crippen LogP contribution in [0.15, 0.2) is 30.3 Å². The molecule has 0 amide bonds. The molecule has 0 aliphatic heterocycles. The van der Waals surface area contributed by atoms with Crippen LogP contribution < -0.4 is 0 Å². The molecular weight excluding hydrogens is 232 g/mol. The molecule has 3 unspecified atom stereocenters. The van der Waals surface area contributed by atoms with E-state index in [0.717, 1.165) is 36.2 Å². The van der Waals surface area contributed by atoms with Crippen molar-refractivity contribution in [3.8, 4) is 0 Å². The molecule has 0 saturated heterocycles. The first-order valence-corrected chi connectivity index (χ1v) is 7.67. The molecule has 3 aliphatic carbocycles. The van der Waals surface area contributed by atoms with Crippen molar-refractivity contribution in [3.63, 3.8) is 0 Å². The molecule has 0 radical (unpaired) electrons. The van der Waals surface area contributed by atoms with E-state index in [1.165, 1.54) is 19.3 Å². The molecule has 3 aliphatic rings. The minimum absolute atomic E-state index is 0.319. The number of fused-ring (bicyclic) bond motifs is 2. The second-order valence-corrected chi connectivity index (χ2v) is 7.03. The Labute approximate surface area is 116 Å². The Balaban J connectivity index is 1.57. The van der Waals surface area contributed by atoms with Crippen LogP contribution in [0.2, 0.25) is 0 Å². The zero-order valence-electron chi connectivity index (χ0n) is 12.1. The first kappa shape index (κ1) is 12.9. The molecule has 3 saturated carbocycles. The number of rotatable bonds is 4. The number of hydrogen-bond donors (Lipinski definition) is 0. The summed E-state index contributed by atoms with van der Waals surface area (Å²) < 4.78 is 0. The maximum atomic E-state index is 12.2. The number of hydrogen-bond acceptors (Lipinski definition) is 1. The minimum atomic E-state index is 0.319. The van der Waals surface area contributed by atoms with Gasteiger partial charge in [-0.25, -0.2) is 0 Å². The van der Waals surface area contributed by atoms with E-state index in [-0.39, 0.29) is 0 Å². The molecule has 2 bridgehead atoms. The number of ketones is 1. The third-order valence-electron chi connectivity index (χ3n) is 5.84. The first-order valence-electron chi connectivity index (χ1n) is 7.67. The van der Waals surface area contributed by atoms with E-state index in [1.54, 1.807) is 0 Å². The second kappa shape index (κ2) is 4.77. The highest BCUT2D eigenvalue weighted by Gasteiger charge is 2.53. The average Bonchev–Trinajstić information content (AvgIpc) is 2.45. The normalized spacial score (nSPS) is 31.6. The Morgan fingerprint density at radius 1 is 1.21 bits per heavy atom. The van der Waals surface area contributed by atoms with Gasteiger partial charge >= 0.3 is 0 Å². The van der Waals surface area contributed by atoms with Crippen molar-refractivity contribution >= 4 is 5.78 Å². The number of benzene rings is 1. The van der Waals surface area contributed by atoms with E-state index in [9.17, 15) is 4.79 Å². The van der Waals surface area contributed by atoms with Crippen LogP contribution in [0.25, 0.3) is 0 Å². The molecule has 0 aromatic heterocycles. The lowest BCUT2D eigenvalue weighted by Crippen LogP contribution is -2.52. The van der Waals surface area contributed by atoms with Crippen molar-refractivity contribution in [2.45, 2.75) is 46.0 Å². The van der Waals surface area contributed by atoms with Gasteiger partial charge in [0.05, 0.1) is 0 Å². The fourth-order valence-electron chi connectivity index (χ4n) is 4.39. The summed E-state index contributed by atoms with van der Waals surface area (Å²) >= 11 is 0. The molecule has 4 rings (SSSR count). The van der Waals surface area contributed by atoms with Crippen LogP contribution in [0.4, 0.5) is 0 Å². The molecule has 3 fully saturated rings. The Morgan fingerprint density at radius 2 is 1.95 bits per heavy atom. The molecule has 1 aromatic rings. The van der Waals surface area contributed by atoms with E-state index in [4.69, 9.17) is 0 Å². The first-order chi connectivity index (χ1) is 9.09. The van der Waals surface area contributed by atoms with Gasteiger partial charge in [0.15, 0.2) is 5.78 Å². The summed E-state index contributed by atoms with van der Waals surface area (Å²) in [5.41, 5.74) is 1.42. The molecule has 19 heavy (non-hydrogen) atoms. The average molecular weight is 256 g/mol. The Bertz CT molecular complexity index is 458. The van der Waals surface area contributed by atoms with Crippen molar-refractivity contribution in [1.29, 1.82) is 0 Å². The van der Waals surface area contributed by atoms with Gasteiger partial charge in [-0.3, -0.25) is 4.79 Å². The standard InChI is InChI=1S/C18H24O/c1-18(2)15-10-8-13(16(18)12-15)9-11-17(19)14-6-4-3-5-7-14/h3-7,13,15-16H,8-12H2,1-2H3. The van der Waals surface area contributed by atoms with Gasteiger partial charge in [0.2, 0.25) is 0 Å². The quantitative estimate of drug-likeness (QED) is 0.712. The third-order valence-corrected chi connectivity index (χ3v) is 5.84. The van der Waals surface area contributed by atoms with E-state index in [1.807, 2.05) is 30.3 Å². The van der Waals surface area contributed by atoms with Crippen LogP contribution in [0.3, 0.4) is 0 Å². The molecule has 1 nitrogen and oxygen atoms in total. The maximum absolute atomic E-state index is 12.2. The van der Waals surface area contributed by atoms with Crippen molar-refractivity contribution in [2.24, 2.45) is 23.2 Å². The van der Waals surface area contributed by atoms with Gasteiger partial charge in [-0.1, -0.05) is 44.2 Å². The van der Waals surface area contributed by atoms with Gasteiger partial charge in [-0.2, -0.15) is 0 Å². The van der Waals surface area contributed by atoms with Crippen LogP contribution in [-0.2, 0) is 0 Å². The highest BCUT2D eigenvalue weighted by atomic mass is 16.1. The maximum Gasteiger partial charge on any atom is 0.162 e.